The minimum absolute atomic E-state index is 0.169. The normalized spacial score (nSPS) is 13.8. The highest BCUT2D eigenvalue weighted by molar-refractivity contribution is 5.76. The zero-order chi connectivity index (χ0) is 19.0. The zero-order valence-corrected chi connectivity index (χ0v) is 15.7. The molecule has 0 aliphatic rings. The number of hydrogen-bond acceptors (Lipinski definition) is 6. The summed E-state index contributed by atoms with van der Waals surface area (Å²) >= 11 is 0. The Kier molecular flexibility index (Phi) is 7.90. The van der Waals surface area contributed by atoms with Crippen molar-refractivity contribution >= 4 is 11.9 Å². The van der Waals surface area contributed by atoms with E-state index >= 15 is 0 Å². The van der Waals surface area contributed by atoms with E-state index in [4.69, 9.17) is 9.47 Å². The van der Waals surface area contributed by atoms with Gasteiger partial charge in [0.05, 0.1) is 12.5 Å². The Morgan fingerprint density at radius 2 is 1.76 bits per heavy atom. The summed E-state index contributed by atoms with van der Waals surface area (Å²) in [7, 11) is 0. The summed E-state index contributed by atoms with van der Waals surface area (Å²) < 4.78 is 10.5. The van der Waals surface area contributed by atoms with Crippen LogP contribution in [-0.2, 0) is 25.5 Å². The number of nitrogens with one attached hydrogen (secondary N) is 1. The number of phenolic OH excluding ortho intramolecular Hbond substituents is 1. The van der Waals surface area contributed by atoms with Crippen LogP contribution in [0.15, 0.2) is 24.3 Å². The molecule has 6 nitrogen and oxygen atoms in total. The summed E-state index contributed by atoms with van der Waals surface area (Å²) in [5.41, 5.74) is 0.339. The van der Waals surface area contributed by atoms with E-state index < -0.39 is 17.6 Å². The van der Waals surface area contributed by atoms with Gasteiger partial charge in [-0.05, 0) is 51.8 Å². The Labute approximate surface area is 149 Å². The van der Waals surface area contributed by atoms with Gasteiger partial charge in [0.25, 0.3) is 0 Å². The molecule has 1 rings (SSSR count). The van der Waals surface area contributed by atoms with Crippen LogP contribution in [0.3, 0.4) is 0 Å². The smallest absolute Gasteiger partial charge is 0.323 e. The fourth-order valence-corrected chi connectivity index (χ4v) is 2.15. The molecular weight excluding hydrogens is 322 g/mol. The Hall–Kier alpha value is -2.08. The monoisotopic (exact) mass is 351 g/mol. The highest BCUT2D eigenvalue weighted by Gasteiger charge is 2.25. The van der Waals surface area contributed by atoms with Gasteiger partial charge < -0.3 is 19.9 Å². The molecule has 2 unspecified atom stereocenters. The van der Waals surface area contributed by atoms with E-state index in [0.29, 0.717) is 13.0 Å². The maximum atomic E-state index is 12.2. The summed E-state index contributed by atoms with van der Waals surface area (Å²) in [6, 6.07) is 6.07. The lowest BCUT2D eigenvalue weighted by molar-refractivity contribution is -0.159. The molecule has 0 spiro atoms. The molecule has 6 heteroatoms. The van der Waals surface area contributed by atoms with Crippen LogP contribution in [0.1, 0.15) is 40.2 Å². The Morgan fingerprint density at radius 1 is 1.16 bits per heavy atom. The molecule has 0 saturated heterocycles. The molecule has 140 valence electrons. The molecule has 2 atom stereocenters. The van der Waals surface area contributed by atoms with E-state index in [-0.39, 0.29) is 24.3 Å². The number of carbonyl (C=O) groups is 2. The predicted octanol–water partition coefficient (Wildman–Crippen LogP) is 2.43. The minimum Gasteiger partial charge on any atom is -0.508 e. The first-order valence-corrected chi connectivity index (χ1v) is 8.53. The van der Waals surface area contributed by atoms with Crippen LogP contribution in [0.25, 0.3) is 0 Å². The number of phenols is 1. The van der Waals surface area contributed by atoms with Crippen molar-refractivity contribution in [2.24, 2.45) is 5.92 Å². The van der Waals surface area contributed by atoms with E-state index in [1.165, 1.54) is 0 Å². The number of carbonyl (C=O) groups excluding carboxylic acids is 2. The molecule has 0 aliphatic carbocycles. The maximum absolute atomic E-state index is 12.2. The van der Waals surface area contributed by atoms with E-state index in [2.05, 4.69) is 5.32 Å². The van der Waals surface area contributed by atoms with Crippen molar-refractivity contribution < 1.29 is 24.2 Å². The third-order valence-electron chi connectivity index (χ3n) is 3.43. The topological polar surface area (TPSA) is 84.9 Å². The van der Waals surface area contributed by atoms with Gasteiger partial charge in [-0.15, -0.1) is 0 Å². The number of hydrogen-bond donors (Lipinski definition) is 2. The molecule has 0 radical (unpaired) electrons. The standard InChI is InChI=1S/C19H29NO5/c1-6-24-18(23)16(11-14-7-9-15(21)10-8-14)20-12-13(2)17(22)25-19(3,4)5/h7-10,13,16,20-21H,6,11-12H2,1-5H3. The minimum atomic E-state index is -0.575. The van der Waals surface area contributed by atoms with Crippen LogP contribution in [0.4, 0.5) is 0 Å². The van der Waals surface area contributed by atoms with Crippen LogP contribution in [0.5, 0.6) is 5.75 Å². The van der Waals surface area contributed by atoms with Crippen LogP contribution in [0.2, 0.25) is 0 Å². The lowest BCUT2D eigenvalue weighted by atomic mass is 10.0. The molecule has 0 saturated carbocycles. The van der Waals surface area contributed by atoms with Crippen molar-refractivity contribution in [3.05, 3.63) is 29.8 Å². The fourth-order valence-electron chi connectivity index (χ4n) is 2.15. The maximum Gasteiger partial charge on any atom is 0.323 e. The van der Waals surface area contributed by atoms with Crippen molar-refractivity contribution in [3.8, 4) is 5.75 Å². The summed E-state index contributed by atoms with van der Waals surface area (Å²) in [4.78, 5) is 24.2. The zero-order valence-electron chi connectivity index (χ0n) is 15.7. The first-order valence-electron chi connectivity index (χ1n) is 8.53. The fraction of sp³-hybridized carbons (Fsp3) is 0.579. The molecule has 1 aromatic carbocycles. The molecule has 0 aromatic heterocycles. The second-order valence-corrected chi connectivity index (χ2v) is 7.02. The van der Waals surface area contributed by atoms with Crippen molar-refractivity contribution in [1.82, 2.24) is 5.32 Å². The molecule has 1 aromatic rings. The van der Waals surface area contributed by atoms with Crippen LogP contribution >= 0.6 is 0 Å². The van der Waals surface area contributed by atoms with Gasteiger partial charge in [-0.25, -0.2) is 0 Å². The summed E-state index contributed by atoms with van der Waals surface area (Å²) in [5.74, 6) is -0.905. The van der Waals surface area contributed by atoms with Crippen LogP contribution in [-0.4, -0.2) is 41.8 Å². The first kappa shape index (κ1) is 21.0. The van der Waals surface area contributed by atoms with Crippen molar-refractivity contribution in [1.29, 1.82) is 0 Å². The lowest BCUT2D eigenvalue weighted by Crippen LogP contribution is -2.43. The first-order chi connectivity index (χ1) is 11.6. The lowest BCUT2D eigenvalue weighted by Gasteiger charge is -2.24. The number of benzene rings is 1. The summed E-state index contributed by atoms with van der Waals surface area (Å²) in [5, 5.41) is 12.5. The Balaban J connectivity index is 2.69. The quantitative estimate of drug-likeness (QED) is 0.700. The van der Waals surface area contributed by atoms with E-state index in [1.54, 1.807) is 38.1 Å². The SMILES string of the molecule is CCOC(=O)C(Cc1ccc(O)cc1)NCC(C)C(=O)OC(C)(C)C. The molecule has 25 heavy (non-hydrogen) atoms. The average molecular weight is 351 g/mol. The van der Waals surface area contributed by atoms with Gasteiger partial charge in [0.2, 0.25) is 0 Å². The van der Waals surface area contributed by atoms with Gasteiger partial charge >= 0.3 is 11.9 Å². The number of esters is 2. The van der Waals surface area contributed by atoms with Gasteiger partial charge in [-0.3, -0.25) is 9.59 Å². The molecule has 0 amide bonds. The average Bonchev–Trinajstić information content (AvgIpc) is 2.51. The van der Waals surface area contributed by atoms with E-state index in [1.807, 2.05) is 20.8 Å². The van der Waals surface area contributed by atoms with Gasteiger partial charge in [0.1, 0.15) is 17.4 Å². The van der Waals surface area contributed by atoms with Gasteiger partial charge in [0, 0.05) is 6.54 Å². The second-order valence-electron chi connectivity index (χ2n) is 7.02. The molecule has 0 aliphatic heterocycles. The number of rotatable bonds is 8. The van der Waals surface area contributed by atoms with Gasteiger partial charge in [-0.1, -0.05) is 19.1 Å². The van der Waals surface area contributed by atoms with Gasteiger partial charge in [-0.2, -0.15) is 0 Å². The summed E-state index contributed by atoms with van der Waals surface area (Å²) in [6.45, 7) is 9.54. The van der Waals surface area contributed by atoms with Crippen molar-refractivity contribution in [3.63, 3.8) is 0 Å². The Bertz CT molecular complexity index is 562. The van der Waals surface area contributed by atoms with E-state index in [9.17, 15) is 14.7 Å². The summed E-state index contributed by atoms with van der Waals surface area (Å²) in [6.07, 6.45) is 0.403. The predicted molar refractivity (Wildman–Crippen MR) is 95.2 cm³/mol. The van der Waals surface area contributed by atoms with Crippen molar-refractivity contribution in [2.75, 3.05) is 13.2 Å². The largest absolute Gasteiger partial charge is 0.508 e. The third-order valence-corrected chi connectivity index (χ3v) is 3.43. The second kappa shape index (κ2) is 9.42. The van der Waals surface area contributed by atoms with Crippen molar-refractivity contribution in [2.45, 2.75) is 52.7 Å². The highest BCUT2D eigenvalue weighted by atomic mass is 16.6. The molecule has 0 fully saturated rings. The molecular formula is C19H29NO5. The Morgan fingerprint density at radius 3 is 2.28 bits per heavy atom. The van der Waals surface area contributed by atoms with Crippen LogP contribution < -0.4 is 5.32 Å². The molecule has 0 heterocycles. The third kappa shape index (κ3) is 8.03. The molecule has 0 bridgehead atoms. The number of ether oxygens (including phenoxy) is 2. The number of aromatic hydroxyl groups is 1. The van der Waals surface area contributed by atoms with E-state index in [0.717, 1.165) is 5.56 Å². The molecule has 2 N–H and O–H groups in total. The van der Waals surface area contributed by atoms with Crippen LogP contribution in [0, 0.1) is 5.92 Å². The highest BCUT2D eigenvalue weighted by Crippen LogP contribution is 2.13. The van der Waals surface area contributed by atoms with Gasteiger partial charge in [0.15, 0.2) is 0 Å².